The highest BCUT2D eigenvalue weighted by Gasteiger charge is 2.27. The van der Waals surface area contributed by atoms with Crippen molar-refractivity contribution >= 4 is 35.6 Å². The predicted molar refractivity (Wildman–Crippen MR) is 122 cm³/mol. The normalized spacial score (nSPS) is 16.4. The van der Waals surface area contributed by atoms with E-state index in [2.05, 4.69) is 16.3 Å². The zero-order valence-electron chi connectivity index (χ0n) is 17.0. The second kappa shape index (κ2) is 9.85. The zero-order valence-corrected chi connectivity index (χ0v) is 17.9. The van der Waals surface area contributed by atoms with Crippen LogP contribution in [0.3, 0.4) is 0 Å². The second-order valence-electron chi connectivity index (χ2n) is 7.86. The Bertz CT molecular complexity index is 882. The molecule has 2 heterocycles. The molecule has 6 nitrogen and oxygen atoms in total. The monoisotopic (exact) mass is 428 g/mol. The van der Waals surface area contributed by atoms with Crippen molar-refractivity contribution in [2.24, 2.45) is 0 Å². The molecule has 2 aromatic carbocycles. The lowest BCUT2D eigenvalue weighted by atomic mass is 9.99. The Labute approximate surface area is 183 Å². The summed E-state index contributed by atoms with van der Waals surface area (Å²) in [7, 11) is 0. The molecular formula is C23H29ClN4O2. The summed E-state index contributed by atoms with van der Waals surface area (Å²) in [6.45, 7) is 2.62. The lowest BCUT2D eigenvalue weighted by Gasteiger charge is -2.36. The van der Waals surface area contributed by atoms with Crippen molar-refractivity contribution in [2.75, 3.05) is 36.8 Å². The Balaban J connectivity index is 0.00000256. The van der Waals surface area contributed by atoms with Gasteiger partial charge >= 0.3 is 0 Å². The lowest BCUT2D eigenvalue weighted by Crippen LogP contribution is -2.49. The number of likely N-dealkylation sites (tertiary alicyclic amines) is 1. The summed E-state index contributed by atoms with van der Waals surface area (Å²) in [5.74, 6) is 0.103. The van der Waals surface area contributed by atoms with Crippen LogP contribution in [0.2, 0.25) is 0 Å². The van der Waals surface area contributed by atoms with Gasteiger partial charge in [0.1, 0.15) is 0 Å². The predicted octanol–water partition coefficient (Wildman–Crippen LogP) is 2.86. The van der Waals surface area contributed by atoms with Crippen LogP contribution in [-0.2, 0) is 11.2 Å². The van der Waals surface area contributed by atoms with Crippen LogP contribution in [-0.4, -0.2) is 48.9 Å². The number of carbonyl (C=O) groups excluding carboxylic acids is 2. The van der Waals surface area contributed by atoms with Crippen LogP contribution in [0.5, 0.6) is 0 Å². The maximum Gasteiger partial charge on any atom is 0.251 e. The van der Waals surface area contributed by atoms with Crippen LogP contribution in [0.1, 0.15) is 35.2 Å². The summed E-state index contributed by atoms with van der Waals surface area (Å²) in [4.78, 5) is 29.3. The minimum atomic E-state index is -0.0436. The summed E-state index contributed by atoms with van der Waals surface area (Å²) in [6.07, 6.45) is 3.56. The van der Waals surface area contributed by atoms with Crippen LogP contribution >= 0.6 is 12.4 Å². The zero-order chi connectivity index (χ0) is 20.2. The first-order valence-electron chi connectivity index (χ1n) is 10.4. The van der Waals surface area contributed by atoms with E-state index in [9.17, 15) is 9.59 Å². The maximum atomic E-state index is 12.9. The highest BCUT2D eigenvalue weighted by molar-refractivity contribution is 5.94. The molecule has 0 spiro atoms. The number of nitrogens with zero attached hydrogens (tertiary/aromatic N) is 2. The SMILES string of the molecule is Cl.Nc1cccc2c1CCCN2CC(=O)N1CCC(NC(=O)c2ccccc2)CC1. The quantitative estimate of drug-likeness (QED) is 0.734. The topological polar surface area (TPSA) is 78.7 Å². The number of rotatable bonds is 4. The van der Waals surface area contributed by atoms with E-state index < -0.39 is 0 Å². The van der Waals surface area contributed by atoms with E-state index >= 15 is 0 Å². The first kappa shape index (κ1) is 22.0. The average molecular weight is 429 g/mol. The first-order valence-corrected chi connectivity index (χ1v) is 10.4. The molecule has 1 saturated heterocycles. The number of hydrogen-bond acceptors (Lipinski definition) is 4. The molecule has 30 heavy (non-hydrogen) atoms. The Morgan fingerprint density at radius 1 is 1.00 bits per heavy atom. The number of nitrogen functional groups attached to an aromatic ring is 1. The molecular weight excluding hydrogens is 400 g/mol. The number of hydrogen-bond donors (Lipinski definition) is 2. The summed E-state index contributed by atoms with van der Waals surface area (Å²) < 4.78 is 0. The summed E-state index contributed by atoms with van der Waals surface area (Å²) >= 11 is 0. The Hall–Kier alpha value is -2.73. The highest BCUT2D eigenvalue weighted by atomic mass is 35.5. The molecule has 160 valence electrons. The fourth-order valence-corrected chi connectivity index (χ4v) is 4.29. The van der Waals surface area contributed by atoms with Gasteiger partial charge < -0.3 is 20.9 Å². The molecule has 0 bridgehead atoms. The fraction of sp³-hybridized carbons (Fsp3) is 0.391. The third kappa shape index (κ3) is 4.87. The smallest absolute Gasteiger partial charge is 0.251 e. The number of piperidine rings is 1. The molecule has 0 aromatic heterocycles. The molecule has 3 N–H and O–H groups in total. The van der Waals surface area contributed by atoms with E-state index in [1.165, 1.54) is 0 Å². The van der Waals surface area contributed by atoms with E-state index in [1.807, 2.05) is 47.4 Å². The van der Waals surface area contributed by atoms with E-state index in [0.29, 0.717) is 25.2 Å². The molecule has 0 aliphatic carbocycles. The van der Waals surface area contributed by atoms with Gasteiger partial charge in [-0.25, -0.2) is 0 Å². The molecule has 0 saturated carbocycles. The molecule has 2 aliphatic rings. The molecule has 0 atom stereocenters. The van der Waals surface area contributed by atoms with Gasteiger partial charge in [0.05, 0.1) is 6.54 Å². The molecule has 0 unspecified atom stereocenters. The van der Waals surface area contributed by atoms with E-state index in [4.69, 9.17) is 5.73 Å². The third-order valence-corrected chi connectivity index (χ3v) is 5.93. The van der Waals surface area contributed by atoms with E-state index in [1.54, 1.807) is 0 Å². The summed E-state index contributed by atoms with van der Waals surface area (Å²) in [5, 5.41) is 3.09. The molecule has 7 heteroatoms. The Morgan fingerprint density at radius 3 is 2.47 bits per heavy atom. The Kier molecular flexibility index (Phi) is 7.21. The van der Waals surface area contributed by atoms with Gasteiger partial charge in [0.15, 0.2) is 0 Å². The van der Waals surface area contributed by atoms with Crippen molar-refractivity contribution < 1.29 is 9.59 Å². The van der Waals surface area contributed by atoms with Gasteiger partial charge in [0.25, 0.3) is 5.91 Å². The third-order valence-electron chi connectivity index (χ3n) is 5.93. The van der Waals surface area contributed by atoms with Crippen LogP contribution in [0.15, 0.2) is 48.5 Å². The van der Waals surface area contributed by atoms with Crippen molar-refractivity contribution in [1.82, 2.24) is 10.2 Å². The fourth-order valence-electron chi connectivity index (χ4n) is 4.29. The number of nitrogens with one attached hydrogen (secondary N) is 1. The molecule has 2 amide bonds. The number of amides is 2. The van der Waals surface area contributed by atoms with E-state index in [-0.39, 0.29) is 30.3 Å². The second-order valence-corrected chi connectivity index (χ2v) is 7.86. The summed E-state index contributed by atoms with van der Waals surface area (Å²) in [6, 6.07) is 15.3. The van der Waals surface area contributed by atoms with Gasteiger partial charge in [-0.15, -0.1) is 12.4 Å². The van der Waals surface area contributed by atoms with Crippen LogP contribution in [0.4, 0.5) is 11.4 Å². The number of nitrogens with two attached hydrogens (primary N) is 1. The number of halogens is 1. The number of carbonyl (C=O) groups is 2. The van der Waals surface area contributed by atoms with Gasteiger partial charge in [0, 0.05) is 42.6 Å². The first-order chi connectivity index (χ1) is 14.1. The maximum absolute atomic E-state index is 12.9. The van der Waals surface area contributed by atoms with Gasteiger partial charge in [0.2, 0.25) is 5.91 Å². The van der Waals surface area contributed by atoms with Crippen molar-refractivity contribution in [2.45, 2.75) is 31.7 Å². The van der Waals surface area contributed by atoms with Crippen molar-refractivity contribution in [3.63, 3.8) is 0 Å². The molecule has 2 aromatic rings. The van der Waals surface area contributed by atoms with Crippen LogP contribution in [0, 0.1) is 0 Å². The van der Waals surface area contributed by atoms with Crippen molar-refractivity contribution in [1.29, 1.82) is 0 Å². The highest BCUT2D eigenvalue weighted by Crippen LogP contribution is 2.31. The average Bonchev–Trinajstić information content (AvgIpc) is 2.75. The number of fused-ring (bicyclic) bond motifs is 1. The lowest BCUT2D eigenvalue weighted by molar-refractivity contribution is -0.130. The van der Waals surface area contributed by atoms with E-state index in [0.717, 1.165) is 49.2 Å². The van der Waals surface area contributed by atoms with Crippen molar-refractivity contribution in [3.8, 4) is 0 Å². The standard InChI is InChI=1S/C23H28N4O2.ClH/c24-20-9-4-10-21-19(20)8-5-13-27(21)16-22(28)26-14-11-18(12-15-26)25-23(29)17-6-2-1-3-7-17;/h1-4,6-7,9-10,18H,5,8,11-16,24H2,(H,25,29);1H. The van der Waals surface area contributed by atoms with Crippen LogP contribution in [0.25, 0.3) is 0 Å². The van der Waals surface area contributed by atoms with Crippen LogP contribution < -0.4 is 16.0 Å². The minimum absolute atomic E-state index is 0. The minimum Gasteiger partial charge on any atom is -0.398 e. The molecule has 4 rings (SSSR count). The molecule has 2 aliphatic heterocycles. The molecule has 0 radical (unpaired) electrons. The van der Waals surface area contributed by atoms with Crippen molar-refractivity contribution in [3.05, 3.63) is 59.7 Å². The largest absolute Gasteiger partial charge is 0.398 e. The van der Waals surface area contributed by atoms with Gasteiger partial charge in [-0.1, -0.05) is 24.3 Å². The van der Waals surface area contributed by atoms with Gasteiger partial charge in [-0.05, 0) is 55.5 Å². The number of benzene rings is 2. The Morgan fingerprint density at radius 2 is 1.73 bits per heavy atom. The molecule has 1 fully saturated rings. The van der Waals surface area contributed by atoms with Gasteiger partial charge in [-0.3, -0.25) is 9.59 Å². The number of anilines is 2. The summed E-state index contributed by atoms with van der Waals surface area (Å²) in [5.41, 5.74) is 9.86. The van der Waals surface area contributed by atoms with Gasteiger partial charge in [-0.2, -0.15) is 0 Å².